The third-order valence-electron chi connectivity index (χ3n) is 5.01. The fourth-order valence-corrected chi connectivity index (χ4v) is 8.74. The van der Waals surface area contributed by atoms with Gasteiger partial charge in [-0.25, -0.2) is 4.57 Å². The summed E-state index contributed by atoms with van der Waals surface area (Å²) >= 11 is 0. The molecule has 6 heteroatoms. The summed E-state index contributed by atoms with van der Waals surface area (Å²) in [6, 6.07) is 36.5. The number of hydrogen-bond donors (Lipinski definition) is 0. The van der Waals surface area contributed by atoms with Crippen LogP contribution in [0.25, 0.3) is 0 Å². The molecule has 4 aromatic carbocycles. The summed E-state index contributed by atoms with van der Waals surface area (Å²) in [4.78, 5) is 0. The highest BCUT2D eigenvalue weighted by Crippen LogP contribution is 2.53. The molecule has 0 N–H and O–H groups in total. The molecule has 0 aliphatic heterocycles. The maximum Gasteiger partial charge on any atom is 0.431 e. The lowest BCUT2D eigenvalue weighted by Crippen LogP contribution is -2.21. The van der Waals surface area contributed by atoms with Gasteiger partial charge in [0, 0.05) is 16.8 Å². The minimum absolute atomic E-state index is 0.00213. The average Bonchev–Trinajstić information content (AvgIpc) is 2.85. The quantitative estimate of drug-likeness (QED) is 0.272. The lowest BCUT2D eigenvalue weighted by atomic mass is 10.3. The van der Waals surface area contributed by atoms with Gasteiger partial charge in [-0.15, -0.1) is 0 Å². The molecule has 4 rings (SSSR count). The summed E-state index contributed by atoms with van der Waals surface area (Å²) in [5.41, 5.74) is 0. The minimum Gasteiger partial charge on any atom is -0.416 e. The molecule has 0 aliphatic rings. The minimum atomic E-state index is -3.67. The van der Waals surface area contributed by atoms with Crippen molar-refractivity contribution in [2.45, 2.75) is 0 Å². The summed E-state index contributed by atoms with van der Waals surface area (Å²) < 4.78 is 40.0. The predicted octanol–water partition coefficient (Wildman–Crippen LogP) is 6.35. The van der Waals surface area contributed by atoms with Crippen molar-refractivity contribution in [3.8, 4) is 11.5 Å². The van der Waals surface area contributed by atoms with E-state index in [0.29, 0.717) is 11.5 Å². The lowest BCUT2D eigenvalue weighted by molar-refractivity contribution is 0.387. The summed E-state index contributed by atoms with van der Waals surface area (Å²) in [6.07, 6.45) is 0.149. The van der Waals surface area contributed by atoms with Gasteiger partial charge in [-0.2, -0.15) is 0 Å². The second-order valence-electron chi connectivity index (χ2n) is 7.28. The van der Waals surface area contributed by atoms with E-state index in [1.54, 1.807) is 48.5 Å². The van der Waals surface area contributed by atoms with E-state index in [-0.39, 0.29) is 12.3 Å². The molecule has 0 bridgehead atoms. The third kappa shape index (κ3) is 5.40. The Morgan fingerprint density at radius 1 is 0.469 bits per heavy atom. The van der Waals surface area contributed by atoms with Crippen LogP contribution in [0.5, 0.6) is 11.5 Å². The van der Waals surface area contributed by atoms with Crippen molar-refractivity contribution in [3.05, 3.63) is 121 Å². The smallest absolute Gasteiger partial charge is 0.416 e. The summed E-state index contributed by atoms with van der Waals surface area (Å²) in [7, 11) is -6.73. The van der Waals surface area contributed by atoms with E-state index in [1.807, 2.05) is 72.8 Å². The largest absolute Gasteiger partial charge is 0.431 e. The van der Waals surface area contributed by atoms with Crippen LogP contribution in [-0.4, -0.2) is 12.3 Å². The highest BCUT2D eigenvalue weighted by atomic mass is 31.2. The Morgan fingerprint density at radius 3 is 1.19 bits per heavy atom. The molecule has 0 amide bonds. The zero-order chi connectivity index (χ0) is 22.3. The third-order valence-corrected chi connectivity index (χ3v) is 10.2. The molecule has 162 valence electrons. The first kappa shape index (κ1) is 22.1. The Bertz CT molecular complexity index is 1120. The monoisotopic (exact) mass is 462 g/mol. The van der Waals surface area contributed by atoms with Gasteiger partial charge in [-0.05, 0) is 24.3 Å². The molecule has 0 saturated carbocycles. The highest BCUT2D eigenvalue weighted by Gasteiger charge is 2.35. The van der Waals surface area contributed by atoms with E-state index in [9.17, 15) is 9.13 Å². The number of rotatable bonds is 9. The fourth-order valence-electron chi connectivity index (χ4n) is 3.40. The molecule has 0 heterocycles. The van der Waals surface area contributed by atoms with Gasteiger partial charge >= 0.3 is 7.60 Å². The van der Waals surface area contributed by atoms with Crippen molar-refractivity contribution in [2.24, 2.45) is 0 Å². The first-order chi connectivity index (χ1) is 15.6. The second-order valence-corrected chi connectivity index (χ2v) is 12.3. The molecule has 0 saturated heterocycles. The Labute approximate surface area is 188 Å². The van der Waals surface area contributed by atoms with Crippen LogP contribution in [0.1, 0.15) is 0 Å². The Morgan fingerprint density at radius 2 is 0.812 bits per heavy atom. The van der Waals surface area contributed by atoms with Crippen molar-refractivity contribution in [1.29, 1.82) is 0 Å². The maximum absolute atomic E-state index is 14.3. The molecule has 0 atom stereocenters. The summed E-state index contributed by atoms with van der Waals surface area (Å²) in [6.45, 7) is 0. The van der Waals surface area contributed by atoms with Crippen molar-refractivity contribution in [3.63, 3.8) is 0 Å². The Kier molecular flexibility index (Phi) is 6.95. The SMILES string of the molecule is O=P(CCP(=O)(c1ccccc1)c1ccccc1)(Oc1ccccc1)Oc1ccccc1. The van der Waals surface area contributed by atoms with E-state index < -0.39 is 14.7 Å². The molecule has 0 fully saturated rings. The standard InChI is InChI=1S/C26H24O4P2/c27-31(25-17-9-3-10-18-25,26-19-11-4-12-20-26)21-22-32(28,29-23-13-5-1-6-14-23)30-24-15-7-2-8-16-24/h1-20H,21-22H2. The summed E-state index contributed by atoms with van der Waals surface area (Å²) in [5.74, 6) is 0.891. The van der Waals surface area contributed by atoms with E-state index in [0.717, 1.165) is 10.6 Å². The van der Waals surface area contributed by atoms with Crippen LogP contribution in [0.2, 0.25) is 0 Å². The molecule has 0 radical (unpaired) electrons. The van der Waals surface area contributed by atoms with Gasteiger partial charge in [-0.3, -0.25) is 0 Å². The molecule has 0 aliphatic carbocycles. The lowest BCUT2D eigenvalue weighted by Gasteiger charge is -2.24. The van der Waals surface area contributed by atoms with Crippen LogP contribution in [0.3, 0.4) is 0 Å². The van der Waals surface area contributed by atoms with Crippen molar-refractivity contribution in [1.82, 2.24) is 0 Å². The Hall–Kier alpha value is -3.06. The number of para-hydroxylation sites is 2. The first-order valence-corrected chi connectivity index (χ1v) is 14.0. The normalized spacial score (nSPS) is 11.6. The van der Waals surface area contributed by atoms with Gasteiger partial charge in [0.05, 0.1) is 6.16 Å². The molecular weight excluding hydrogens is 438 g/mol. The van der Waals surface area contributed by atoms with E-state index in [4.69, 9.17) is 9.05 Å². The van der Waals surface area contributed by atoms with Gasteiger partial charge in [0.1, 0.15) is 18.6 Å². The van der Waals surface area contributed by atoms with Crippen LogP contribution in [0, 0.1) is 0 Å². The second kappa shape index (κ2) is 10.0. The molecule has 0 aromatic heterocycles. The van der Waals surface area contributed by atoms with Crippen LogP contribution in [0.4, 0.5) is 0 Å². The van der Waals surface area contributed by atoms with Crippen molar-refractivity contribution in [2.75, 3.05) is 12.3 Å². The van der Waals surface area contributed by atoms with Gasteiger partial charge < -0.3 is 13.6 Å². The predicted molar refractivity (Wildman–Crippen MR) is 131 cm³/mol. The molecule has 0 unspecified atom stereocenters. The van der Waals surface area contributed by atoms with E-state index in [1.165, 1.54) is 0 Å². The van der Waals surface area contributed by atoms with E-state index in [2.05, 4.69) is 0 Å². The van der Waals surface area contributed by atoms with Gasteiger partial charge in [0.25, 0.3) is 0 Å². The first-order valence-electron chi connectivity index (χ1n) is 10.4. The average molecular weight is 462 g/mol. The fraction of sp³-hybridized carbons (Fsp3) is 0.0769. The van der Waals surface area contributed by atoms with Crippen LogP contribution in [0.15, 0.2) is 121 Å². The molecular formula is C26H24O4P2. The van der Waals surface area contributed by atoms with Gasteiger partial charge in [0.15, 0.2) is 0 Å². The Balaban J connectivity index is 1.67. The zero-order valence-electron chi connectivity index (χ0n) is 17.5. The topological polar surface area (TPSA) is 52.6 Å². The van der Waals surface area contributed by atoms with E-state index >= 15 is 0 Å². The van der Waals surface area contributed by atoms with Crippen LogP contribution >= 0.6 is 14.7 Å². The molecule has 4 aromatic rings. The molecule has 0 spiro atoms. The zero-order valence-corrected chi connectivity index (χ0v) is 19.3. The van der Waals surface area contributed by atoms with Crippen molar-refractivity contribution >= 4 is 25.3 Å². The van der Waals surface area contributed by atoms with Crippen molar-refractivity contribution < 1.29 is 18.2 Å². The number of hydrogen-bond acceptors (Lipinski definition) is 4. The van der Waals surface area contributed by atoms with Crippen LogP contribution < -0.4 is 19.7 Å². The van der Waals surface area contributed by atoms with Gasteiger partial charge in [-0.1, -0.05) is 97.1 Å². The maximum atomic E-state index is 14.3. The van der Waals surface area contributed by atoms with Gasteiger partial charge in [0.2, 0.25) is 0 Å². The van der Waals surface area contributed by atoms with Crippen LogP contribution in [-0.2, 0) is 9.13 Å². The summed E-state index contributed by atoms with van der Waals surface area (Å²) in [5, 5.41) is 1.44. The molecule has 4 nitrogen and oxygen atoms in total. The molecule has 32 heavy (non-hydrogen) atoms. The number of benzene rings is 4. The highest BCUT2D eigenvalue weighted by molar-refractivity contribution is 7.79.